The maximum atomic E-state index is 12.8. The Labute approximate surface area is 207 Å². The summed E-state index contributed by atoms with van der Waals surface area (Å²) in [5.74, 6) is 1.64. The molecule has 1 aliphatic heterocycles. The molecule has 35 heavy (non-hydrogen) atoms. The van der Waals surface area contributed by atoms with Gasteiger partial charge in [-0.25, -0.2) is 9.67 Å². The number of carbonyl (C=O) groups is 1. The Balaban J connectivity index is 1.22. The molecule has 1 saturated heterocycles. The van der Waals surface area contributed by atoms with Crippen LogP contribution in [0.15, 0.2) is 70.7 Å². The van der Waals surface area contributed by atoms with Crippen LogP contribution >= 0.6 is 11.8 Å². The van der Waals surface area contributed by atoms with Gasteiger partial charge in [0, 0.05) is 13.1 Å². The van der Waals surface area contributed by atoms with Gasteiger partial charge in [0.05, 0.1) is 24.7 Å². The molecule has 3 heterocycles. The summed E-state index contributed by atoms with van der Waals surface area (Å²) in [5, 5.41) is 5.15. The molecule has 0 saturated carbocycles. The highest BCUT2D eigenvalue weighted by Gasteiger charge is 2.23. The Morgan fingerprint density at radius 3 is 2.57 bits per heavy atom. The zero-order valence-corrected chi connectivity index (χ0v) is 20.3. The number of rotatable bonds is 7. The van der Waals surface area contributed by atoms with Crippen LogP contribution in [0, 0.1) is 5.92 Å². The smallest absolute Gasteiger partial charge is 0.262 e. The summed E-state index contributed by atoms with van der Waals surface area (Å²) < 4.78 is 6.83. The molecule has 0 spiro atoms. The third-order valence-electron chi connectivity index (χ3n) is 6.40. The number of nitrogens with one attached hydrogen (secondary N) is 1. The first-order valence-corrected chi connectivity index (χ1v) is 12.7. The number of likely N-dealkylation sites (tertiary alicyclic amines) is 1. The Kier molecular flexibility index (Phi) is 6.85. The largest absolute Gasteiger partial charge is 0.497 e. The first-order chi connectivity index (χ1) is 17.1. The average molecular weight is 490 g/mol. The maximum Gasteiger partial charge on any atom is 0.262 e. The van der Waals surface area contributed by atoms with Crippen LogP contribution in [0.5, 0.6) is 5.75 Å². The second kappa shape index (κ2) is 10.4. The number of piperidine rings is 1. The number of aromatic nitrogens is 4. The Bertz CT molecular complexity index is 1360. The summed E-state index contributed by atoms with van der Waals surface area (Å²) in [4.78, 5) is 34.7. The number of fused-ring (bicyclic) bond motifs is 1. The van der Waals surface area contributed by atoms with E-state index in [0.29, 0.717) is 22.1 Å². The van der Waals surface area contributed by atoms with Crippen molar-refractivity contribution in [3.05, 3.63) is 76.7 Å². The number of hydrogen-bond donors (Lipinski definition) is 1. The minimum Gasteiger partial charge on any atom is -0.497 e. The van der Waals surface area contributed by atoms with Gasteiger partial charge < -0.3 is 14.6 Å². The summed E-state index contributed by atoms with van der Waals surface area (Å²) in [7, 11) is 1.61. The molecule has 0 bridgehead atoms. The Morgan fingerprint density at radius 2 is 1.86 bits per heavy atom. The van der Waals surface area contributed by atoms with Crippen LogP contribution in [-0.4, -0.2) is 56.5 Å². The SMILES string of the molecule is COc1ccc(-n2ncc3c(=O)[nH]c(SCC(=O)N4CCC(Cc5ccccc5)CC4)nc32)cc1. The second-order valence-corrected chi connectivity index (χ2v) is 9.63. The fraction of sp³-hybridized carbons (Fsp3) is 0.308. The molecule has 180 valence electrons. The van der Waals surface area contributed by atoms with E-state index in [4.69, 9.17) is 4.74 Å². The molecule has 8 nitrogen and oxygen atoms in total. The van der Waals surface area contributed by atoms with Gasteiger partial charge in [-0.15, -0.1) is 0 Å². The molecule has 0 radical (unpaired) electrons. The molecular weight excluding hydrogens is 462 g/mol. The fourth-order valence-corrected chi connectivity index (χ4v) is 5.19. The first-order valence-electron chi connectivity index (χ1n) is 11.7. The van der Waals surface area contributed by atoms with Gasteiger partial charge in [-0.3, -0.25) is 9.59 Å². The molecular formula is C26H27N5O3S. The molecule has 0 atom stereocenters. The van der Waals surface area contributed by atoms with E-state index in [1.165, 1.54) is 23.5 Å². The van der Waals surface area contributed by atoms with Crippen molar-refractivity contribution in [1.29, 1.82) is 0 Å². The highest BCUT2D eigenvalue weighted by molar-refractivity contribution is 7.99. The van der Waals surface area contributed by atoms with Gasteiger partial charge in [0.1, 0.15) is 11.1 Å². The number of aromatic amines is 1. The van der Waals surface area contributed by atoms with Crippen molar-refractivity contribution in [2.24, 2.45) is 5.92 Å². The molecule has 0 unspecified atom stereocenters. The summed E-state index contributed by atoms with van der Waals surface area (Å²) in [5.41, 5.74) is 2.30. The van der Waals surface area contributed by atoms with Gasteiger partial charge in [0.25, 0.3) is 5.56 Å². The van der Waals surface area contributed by atoms with Crippen molar-refractivity contribution in [1.82, 2.24) is 24.6 Å². The lowest BCUT2D eigenvalue weighted by Gasteiger charge is -2.32. The molecule has 4 aromatic rings. The number of H-pyrrole nitrogens is 1. The van der Waals surface area contributed by atoms with E-state index < -0.39 is 0 Å². The van der Waals surface area contributed by atoms with E-state index in [2.05, 4.69) is 39.3 Å². The topological polar surface area (TPSA) is 93.1 Å². The minimum absolute atomic E-state index is 0.0690. The lowest BCUT2D eigenvalue weighted by atomic mass is 9.90. The van der Waals surface area contributed by atoms with Crippen LogP contribution in [0.3, 0.4) is 0 Å². The number of benzene rings is 2. The van der Waals surface area contributed by atoms with Gasteiger partial charge in [0.15, 0.2) is 10.8 Å². The monoisotopic (exact) mass is 489 g/mol. The van der Waals surface area contributed by atoms with Gasteiger partial charge in [-0.2, -0.15) is 5.10 Å². The Hall–Kier alpha value is -3.59. The molecule has 9 heteroatoms. The zero-order valence-electron chi connectivity index (χ0n) is 19.5. The van der Waals surface area contributed by atoms with Crippen molar-refractivity contribution >= 4 is 28.7 Å². The predicted molar refractivity (Wildman–Crippen MR) is 136 cm³/mol. The van der Waals surface area contributed by atoms with Crippen molar-refractivity contribution in [3.8, 4) is 11.4 Å². The van der Waals surface area contributed by atoms with Crippen LogP contribution in [0.25, 0.3) is 16.7 Å². The van der Waals surface area contributed by atoms with Gasteiger partial charge in [-0.05, 0) is 55.0 Å². The second-order valence-electron chi connectivity index (χ2n) is 8.67. The van der Waals surface area contributed by atoms with E-state index in [-0.39, 0.29) is 17.2 Å². The van der Waals surface area contributed by atoms with Crippen molar-refractivity contribution in [2.75, 3.05) is 26.0 Å². The van der Waals surface area contributed by atoms with Crippen LogP contribution < -0.4 is 10.3 Å². The zero-order chi connectivity index (χ0) is 24.2. The lowest BCUT2D eigenvalue weighted by molar-refractivity contribution is -0.129. The lowest BCUT2D eigenvalue weighted by Crippen LogP contribution is -2.39. The highest BCUT2D eigenvalue weighted by atomic mass is 32.2. The van der Waals surface area contributed by atoms with E-state index in [0.717, 1.165) is 43.8 Å². The van der Waals surface area contributed by atoms with Crippen LogP contribution in [0.2, 0.25) is 0 Å². The van der Waals surface area contributed by atoms with E-state index in [9.17, 15) is 9.59 Å². The molecule has 1 amide bonds. The number of thioether (sulfide) groups is 1. The molecule has 1 aliphatic rings. The van der Waals surface area contributed by atoms with Crippen LogP contribution in [-0.2, 0) is 11.2 Å². The summed E-state index contributed by atoms with van der Waals surface area (Å²) in [6, 6.07) is 17.9. The average Bonchev–Trinajstić information content (AvgIpc) is 3.33. The summed E-state index contributed by atoms with van der Waals surface area (Å²) in [6.45, 7) is 1.54. The quantitative estimate of drug-likeness (QED) is 0.314. The van der Waals surface area contributed by atoms with E-state index in [1.807, 2.05) is 35.2 Å². The Morgan fingerprint density at radius 1 is 1.11 bits per heavy atom. The number of ether oxygens (including phenoxy) is 1. The van der Waals surface area contributed by atoms with Crippen molar-refractivity contribution < 1.29 is 9.53 Å². The standard InChI is InChI=1S/C26H27N5O3S/c1-34-21-9-7-20(8-10-21)31-24-22(16-27-31)25(33)29-26(28-24)35-17-23(32)30-13-11-19(12-14-30)15-18-5-3-2-4-6-18/h2-10,16,19H,11-15,17H2,1H3,(H,28,29,33). The third-order valence-corrected chi connectivity index (χ3v) is 7.26. The first kappa shape index (κ1) is 23.2. The summed E-state index contributed by atoms with van der Waals surface area (Å²) in [6.07, 6.45) is 4.58. The predicted octanol–water partition coefficient (Wildman–Crippen LogP) is 3.69. The third kappa shape index (κ3) is 5.24. The van der Waals surface area contributed by atoms with E-state index >= 15 is 0 Å². The number of amides is 1. The minimum atomic E-state index is -0.272. The van der Waals surface area contributed by atoms with E-state index in [1.54, 1.807) is 11.8 Å². The van der Waals surface area contributed by atoms with Crippen LogP contribution in [0.1, 0.15) is 18.4 Å². The molecule has 5 rings (SSSR count). The highest BCUT2D eigenvalue weighted by Crippen LogP contribution is 2.24. The van der Waals surface area contributed by atoms with Crippen molar-refractivity contribution in [2.45, 2.75) is 24.4 Å². The van der Waals surface area contributed by atoms with Gasteiger partial charge >= 0.3 is 0 Å². The maximum absolute atomic E-state index is 12.8. The molecule has 2 aromatic heterocycles. The molecule has 1 fully saturated rings. The summed E-state index contributed by atoms with van der Waals surface area (Å²) >= 11 is 1.25. The number of nitrogens with zero attached hydrogens (tertiary/aromatic N) is 4. The van der Waals surface area contributed by atoms with Gasteiger partial charge in [-0.1, -0.05) is 42.1 Å². The molecule has 2 aromatic carbocycles. The molecule has 1 N–H and O–H groups in total. The number of carbonyl (C=O) groups excluding carboxylic acids is 1. The normalized spacial score (nSPS) is 14.4. The molecule has 0 aliphatic carbocycles. The van der Waals surface area contributed by atoms with Gasteiger partial charge in [0.2, 0.25) is 5.91 Å². The van der Waals surface area contributed by atoms with Crippen molar-refractivity contribution in [3.63, 3.8) is 0 Å². The number of methoxy groups -OCH3 is 1. The van der Waals surface area contributed by atoms with Crippen LogP contribution in [0.4, 0.5) is 0 Å². The number of hydrogen-bond acceptors (Lipinski definition) is 6. The fourth-order valence-electron chi connectivity index (χ4n) is 4.43.